The van der Waals surface area contributed by atoms with Gasteiger partial charge in [0.15, 0.2) is 17.3 Å². The summed E-state index contributed by atoms with van der Waals surface area (Å²) in [5.41, 5.74) is 1.31. The van der Waals surface area contributed by atoms with Gasteiger partial charge in [0.1, 0.15) is 17.9 Å². The van der Waals surface area contributed by atoms with Crippen LogP contribution >= 0.6 is 0 Å². The van der Waals surface area contributed by atoms with E-state index in [1.54, 1.807) is 61.5 Å². The van der Waals surface area contributed by atoms with E-state index in [1.165, 1.54) is 17.9 Å². The molecule has 35 heavy (non-hydrogen) atoms. The predicted octanol–water partition coefficient (Wildman–Crippen LogP) is 3.31. The Morgan fingerprint density at radius 2 is 1.91 bits per heavy atom. The maximum absolute atomic E-state index is 13.3. The van der Waals surface area contributed by atoms with Crippen molar-refractivity contribution < 1.29 is 23.8 Å². The Hall–Kier alpha value is -4.66. The topological polar surface area (TPSA) is 109 Å². The van der Waals surface area contributed by atoms with Crippen LogP contribution in [0.25, 0.3) is 11.0 Å². The number of amides is 1. The van der Waals surface area contributed by atoms with Crippen molar-refractivity contribution in [3.8, 4) is 17.2 Å². The molecule has 176 valence electrons. The van der Waals surface area contributed by atoms with E-state index in [4.69, 9.17) is 14.2 Å². The Kier molecular flexibility index (Phi) is 5.66. The number of pyridine rings is 2. The normalized spacial score (nSPS) is 11.9. The van der Waals surface area contributed by atoms with Gasteiger partial charge in [-0.1, -0.05) is 12.1 Å². The number of fused-ring (bicyclic) bond motifs is 2. The molecule has 0 saturated carbocycles. The molecule has 9 nitrogen and oxygen atoms in total. The van der Waals surface area contributed by atoms with E-state index in [2.05, 4.69) is 10.3 Å². The van der Waals surface area contributed by atoms with Crippen molar-refractivity contribution in [2.45, 2.75) is 13.5 Å². The van der Waals surface area contributed by atoms with Crippen LogP contribution in [0, 0.1) is 6.92 Å². The molecule has 9 heteroatoms. The van der Waals surface area contributed by atoms with E-state index in [1.807, 2.05) is 0 Å². The minimum atomic E-state index is -0.471. The van der Waals surface area contributed by atoms with E-state index in [-0.39, 0.29) is 30.2 Å². The quantitative estimate of drug-likeness (QED) is 0.430. The van der Waals surface area contributed by atoms with Crippen molar-refractivity contribution in [3.63, 3.8) is 0 Å². The van der Waals surface area contributed by atoms with Crippen LogP contribution in [0.4, 0.5) is 5.69 Å². The highest BCUT2D eigenvalue weighted by Gasteiger charge is 2.20. The molecule has 0 unspecified atom stereocenters. The molecule has 5 rings (SSSR count). The van der Waals surface area contributed by atoms with Gasteiger partial charge in [0, 0.05) is 29.2 Å². The third-order valence-electron chi connectivity index (χ3n) is 5.61. The van der Waals surface area contributed by atoms with Gasteiger partial charge in [-0.05, 0) is 43.3 Å². The Labute approximate surface area is 199 Å². The molecule has 0 fully saturated rings. The number of nitrogens with zero attached hydrogens (tertiary/aromatic N) is 2. The number of benzene rings is 2. The molecule has 0 bridgehead atoms. The van der Waals surface area contributed by atoms with Crippen molar-refractivity contribution in [2.75, 3.05) is 19.2 Å². The molecule has 0 radical (unpaired) electrons. The molecular weight excluding hydrogens is 450 g/mol. The fourth-order valence-electron chi connectivity index (χ4n) is 3.89. The second-order valence-electron chi connectivity index (χ2n) is 8.00. The molecule has 1 N–H and O–H groups in total. The minimum absolute atomic E-state index is 0.0627. The van der Waals surface area contributed by atoms with Gasteiger partial charge < -0.3 is 24.1 Å². The Morgan fingerprint density at radius 1 is 1.09 bits per heavy atom. The van der Waals surface area contributed by atoms with Gasteiger partial charge in [-0.25, -0.2) is 4.98 Å². The number of anilines is 1. The monoisotopic (exact) mass is 471 g/mol. The lowest BCUT2D eigenvalue weighted by Crippen LogP contribution is -2.25. The summed E-state index contributed by atoms with van der Waals surface area (Å²) >= 11 is 0. The number of methoxy groups -OCH3 is 1. The van der Waals surface area contributed by atoms with E-state index in [0.717, 1.165) is 0 Å². The third-order valence-corrected chi connectivity index (χ3v) is 5.61. The average molecular weight is 471 g/mol. The van der Waals surface area contributed by atoms with Gasteiger partial charge >= 0.3 is 0 Å². The number of ether oxygens (including phenoxy) is 3. The van der Waals surface area contributed by atoms with Crippen LogP contribution in [-0.4, -0.2) is 35.1 Å². The first-order chi connectivity index (χ1) is 16.9. The van der Waals surface area contributed by atoms with Gasteiger partial charge in [0.25, 0.3) is 0 Å². The second kappa shape index (κ2) is 8.94. The first kappa shape index (κ1) is 22.1. The summed E-state index contributed by atoms with van der Waals surface area (Å²) in [7, 11) is 1.50. The number of hydrogen-bond acceptors (Lipinski definition) is 7. The second-order valence-corrected chi connectivity index (χ2v) is 8.00. The zero-order valence-corrected chi connectivity index (χ0v) is 19.0. The summed E-state index contributed by atoms with van der Waals surface area (Å²) in [6.45, 7) is 1.75. The highest BCUT2D eigenvalue weighted by atomic mass is 16.7. The molecule has 0 atom stereocenters. The van der Waals surface area contributed by atoms with Crippen molar-refractivity contribution in [3.05, 3.63) is 87.8 Å². The molecule has 2 aromatic carbocycles. The highest BCUT2D eigenvalue weighted by molar-refractivity contribution is 6.10. The Bertz CT molecular complexity index is 1540. The summed E-state index contributed by atoms with van der Waals surface area (Å²) < 4.78 is 17.4. The third kappa shape index (κ3) is 4.31. The van der Waals surface area contributed by atoms with Crippen LogP contribution < -0.4 is 25.0 Å². The van der Waals surface area contributed by atoms with Crippen LogP contribution in [0.5, 0.6) is 17.2 Å². The van der Waals surface area contributed by atoms with Gasteiger partial charge in [-0.2, -0.15) is 0 Å². The molecule has 0 spiro atoms. The number of carbonyl (C=O) groups is 2. The van der Waals surface area contributed by atoms with Gasteiger partial charge in [-0.3, -0.25) is 14.4 Å². The molecule has 2 aromatic heterocycles. The van der Waals surface area contributed by atoms with E-state index in [9.17, 15) is 14.4 Å². The molecule has 1 amide bonds. The molecular formula is C26H21N3O6. The first-order valence-electron chi connectivity index (χ1n) is 10.8. The zero-order valence-electron chi connectivity index (χ0n) is 19.0. The summed E-state index contributed by atoms with van der Waals surface area (Å²) in [5, 5.41) is 3.06. The summed E-state index contributed by atoms with van der Waals surface area (Å²) in [4.78, 5) is 43.9. The summed E-state index contributed by atoms with van der Waals surface area (Å²) in [6.07, 6.45) is 1.39. The number of nitrogens with one attached hydrogen (secondary N) is 1. The maximum Gasteiger partial charge on any atom is 0.244 e. The molecule has 0 saturated heterocycles. The van der Waals surface area contributed by atoms with Crippen molar-refractivity contribution in [2.24, 2.45) is 0 Å². The lowest BCUT2D eigenvalue weighted by molar-refractivity contribution is -0.116. The lowest BCUT2D eigenvalue weighted by atomic mass is 10.0. The van der Waals surface area contributed by atoms with Gasteiger partial charge in [0.2, 0.25) is 18.1 Å². The standard InChI is InChI=1S/C26H21N3O6/c1-15-6-8-19-25(32)20(24(31)16-4-3-5-18(10-16)33-2)12-29(26(19)27-15)13-23(30)28-17-7-9-21-22(11-17)35-14-34-21/h3-12H,13-14H2,1-2H3,(H,28,30). The largest absolute Gasteiger partial charge is 0.497 e. The van der Waals surface area contributed by atoms with Gasteiger partial charge in [0.05, 0.1) is 18.1 Å². The van der Waals surface area contributed by atoms with Crippen molar-refractivity contribution in [1.29, 1.82) is 0 Å². The van der Waals surface area contributed by atoms with Crippen LogP contribution in [0.2, 0.25) is 0 Å². The molecule has 0 aliphatic carbocycles. The minimum Gasteiger partial charge on any atom is -0.497 e. The average Bonchev–Trinajstić information content (AvgIpc) is 3.33. The number of rotatable bonds is 6. The molecule has 3 heterocycles. The highest BCUT2D eigenvalue weighted by Crippen LogP contribution is 2.34. The number of carbonyl (C=O) groups excluding carboxylic acids is 2. The Balaban J connectivity index is 1.52. The van der Waals surface area contributed by atoms with Crippen LogP contribution in [0.3, 0.4) is 0 Å². The molecule has 1 aliphatic heterocycles. The predicted molar refractivity (Wildman–Crippen MR) is 128 cm³/mol. The number of aryl methyl sites for hydroxylation is 1. The fourth-order valence-corrected chi connectivity index (χ4v) is 3.89. The summed E-state index contributed by atoms with van der Waals surface area (Å²) in [5.74, 6) is 0.811. The number of aromatic nitrogens is 2. The number of hydrogen-bond donors (Lipinski definition) is 1. The number of ketones is 1. The lowest BCUT2D eigenvalue weighted by Gasteiger charge is -2.13. The smallest absolute Gasteiger partial charge is 0.244 e. The van der Waals surface area contributed by atoms with Crippen LogP contribution in [0.1, 0.15) is 21.6 Å². The van der Waals surface area contributed by atoms with Crippen LogP contribution in [0.15, 0.2) is 65.6 Å². The van der Waals surface area contributed by atoms with Crippen molar-refractivity contribution >= 4 is 28.4 Å². The zero-order chi connectivity index (χ0) is 24.5. The maximum atomic E-state index is 13.3. The summed E-state index contributed by atoms with van der Waals surface area (Å²) in [6, 6.07) is 15.0. The SMILES string of the molecule is COc1cccc(C(=O)c2cn(CC(=O)Nc3ccc4c(c3)OCO4)c3nc(C)ccc3c2=O)c1. The van der Waals surface area contributed by atoms with Crippen LogP contribution in [-0.2, 0) is 11.3 Å². The van der Waals surface area contributed by atoms with Crippen molar-refractivity contribution in [1.82, 2.24) is 9.55 Å². The van der Waals surface area contributed by atoms with E-state index >= 15 is 0 Å². The molecule has 4 aromatic rings. The van der Waals surface area contributed by atoms with Gasteiger partial charge in [-0.15, -0.1) is 0 Å². The first-order valence-corrected chi connectivity index (χ1v) is 10.8. The van der Waals surface area contributed by atoms with E-state index < -0.39 is 11.2 Å². The fraction of sp³-hybridized carbons (Fsp3) is 0.154. The molecule has 1 aliphatic rings. The van der Waals surface area contributed by atoms with E-state index in [0.29, 0.717) is 39.8 Å². The Morgan fingerprint density at radius 3 is 2.74 bits per heavy atom.